The second-order valence-electron chi connectivity index (χ2n) is 6.71. The molecule has 0 spiro atoms. The van der Waals surface area contributed by atoms with Crippen molar-refractivity contribution in [2.24, 2.45) is 5.92 Å². The van der Waals surface area contributed by atoms with Crippen molar-refractivity contribution < 1.29 is 32.6 Å². The molecular weight excluding hydrogens is 367 g/mol. The Morgan fingerprint density at radius 1 is 1.22 bits per heavy atom. The summed E-state index contributed by atoms with van der Waals surface area (Å²) in [4.78, 5) is 28.3. The number of ether oxygens (including phenoxy) is 1. The van der Waals surface area contributed by atoms with Crippen LogP contribution in [0.25, 0.3) is 0 Å². The normalized spacial score (nSPS) is 24.0. The summed E-state index contributed by atoms with van der Waals surface area (Å²) < 4.78 is 43.1. The molecule has 3 heterocycles. The van der Waals surface area contributed by atoms with Crippen molar-refractivity contribution >= 4 is 17.7 Å². The molecule has 2 atom stereocenters. The van der Waals surface area contributed by atoms with E-state index in [1.165, 1.54) is 6.07 Å². The first-order valence-electron chi connectivity index (χ1n) is 8.70. The van der Waals surface area contributed by atoms with Gasteiger partial charge in [-0.2, -0.15) is 13.2 Å². The molecule has 2 N–H and O–H groups in total. The molecule has 1 aromatic rings. The lowest BCUT2D eigenvalue weighted by Gasteiger charge is -2.37. The van der Waals surface area contributed by atoms with Gasteiger partial charge in [-0.3, -0.25) is 4.79 Å². The zero-order valence-electron chi connectivity index (χ0n) is 14.4. The van der Waals surface area contributed by atoms with Gasteiger partial charge in [0.15, 0.2) is 5.69 Å². The first-order chi connectivity index (χ1) is 12.8. The van der Waals surface area contributed by atoms with E-state index in [0.717, 1.165) is 0 Å². The van der Waals surface area contributed by atoms with Crippen molar-refractivity contribution in [3.05, 3.63) is 23.9 Å². The molecule has 27 heavy (non-hydrogen) atoms. The number of carboxylic acid groups (broad SMARTS) is 1. The Morgan fingerprint density at radius 2 is 1.93 bits per heavy atom. The number of piperidine rings is 1. The fraction of sp³-hybridized carbons (Fsp3) is 0.588. The summed E-state index contributed by atoms with van der Waals surface area (Å²) in [5.41, 5.74) is -0.0383. The molecule has 10 heteroatoms. The number of nitrogens with zero attached hydrogens (tertiary/aromatic N) is 2. The van der Waals surface area contributed by atoms with Gasteiger partial charge in [0, 0.05) is 19.7 Å². The zero-order chi connectivity index (χ0) is 19.6. The maximum absolute atomic E-state index is 12.5. The van der Waals surface area contributed by atoms with Crippen LogP contribution in [0.15, 0.2) is 18.2 Å². The quantitative estimate of drug-likeness (QED) is 0.819. The van der Waals surface area contributed by atoms with E-state index in [0.29, 0.717) is 44.8 Å². The summed E-state index contributed by atoms with van der Waals surface area (Å²) in [7, 11) is 0. The Morgan fingerprint density at radius 3 is 2.56 bits per heavy atom. The number of nitrogens with one attached hydrogen (secondary N) is 1. The molecule has 0 aromatic carbocycles. The number of alkyl halides is 3. The Labute approximate surface area is 153 Å². The molecule has 2 aliphatic heterocycles. The van der Waals surface area contributed by atoms with Crippen molar-refractivity contribution in [3.8, 4) is 0 Å². The topological polar surface area (TPSA) is 91.8 Å². The summed E-state index contributed by atoms with van der Waals surface area (Å²) in [5.74, 6) is -2.46. The van der Waals surface area contributed by atoms with E-state index in [1.807, 2.05) is 10.2 Å². The highest BCUT2D eigenvalue weighted by atomic mass is 19.4. The highest BCUT2D eigenvalue weighted by Crippen LogP contribution is 2.31. The predicted molar refractivity (Wildman–Crippen MR) is 88.5 cm³/mol. The Hall–Kier alpha value is -2.36. The molecule has 0 saturated carbocycles. The van der Waals surface area contributed by atoms with Crippen molar-refractivity contribution in [1.29, 1.82) is 0 Å². The molecular formula is C17H20F3N3O4. The minimum Gasteiger partial charge on any atom is -0.477 e. The maximum Gasteiger partial charge on any atom is 0.471 e. The van der Waals surface area contributed by atoms with E-state index in [1.54, 1.807) is 12.1 Å². The summed E-state index contributed by atoms with van der Waals surface area (Å²) in [5, 5.41) is 11.1. The van der Waals surface area contributed by atoms with E-state index in [-0.39, 0.29) is 11.6 Å². The van der Waals surface area contributed by atoms with Gasteiger partial charge in [0.25, 0.3) is 0 Å². The van der Waals surface area contributed by atoms with Gasteiger partial charge in [-0.25, -0.2) is 9.78 Å². The van der Waals surface area contributed by atoms with Gasteiger partial charge in [0.05, 0.1) is 12.1 Å². The molecule has 0 aliphatic carbocycles. The van der Waals surface area contributed by atoms with Crippen LogP contribution in [0.4, 0.5) is 19.0 Å². The number of anilines is 1. The number of pyridine rings is 1. The van der Waals surface area contributed by atoms with E-state index in [9.17, 15) is 22.8 Å². The third kappa shape index (κ3) is 4.49. The molecule has 2 saturated heterocycles. The van der Waals surface area contributed by atoms with E-state index < -0.39 is 30.2 Å². The summed E-state index contributed by atoms with van der Waals surface area (Å²) >= 11 is 0. The second kappa shape index (κ2) is 7.71. The smallest absolute Gasteiger partial charge is 0.471 e. The number of hydrogen-bond acceptors (Lipinski definition) is 5. The number of carbonyl (C=O) groups excluding carboxylic acids is 1. The van der Waals surface area contributed by atoms with Crippen LogP contribution in [0, 0.1) is 5.92 Å². The third-order valence-electron chi connectivity index (χ3n) is 4.99. The zero-order valence-corrected chi connectivity index (χ0v) is 14.4. The number of halogens is 3. The first kappa shape index (κ1) is 19.4. The van der Waals surface area contributed by atoms with Crippen LogP contribution >= 0.6 is 0 Å². The lowest BCUT2D eigenvalue weighted by atomic mass is 9.87. The van der Waals surface area contributed by atoms with Gasteiger partial charge >= 0.3 is 18.1 Å². The van der Waals surface area contributed by atoms with Gasteiger partial charge in [-0.15, -0.1) is 0 Å². The maximum atomic E-state index is 12.5. The largest absolute Gasteiger partial charge is 0.477 e. The molecule has 7 nitrogen and oxygen atoms in total. The summed E-state index contributed by atoms with van der Waals surface area (Å²) in [6, 6.07) is 4.12. The van der Waals surface area contributed by atoms with Crippen LogP contribution in [0.2, 0.25) is 0 Å². The van der Waals surface area contributed by atoms with Crippen LogP contribution in [-0.2, 0) is 9.53 Å². The Bertz CT molecular complexity index is 705. The van der Waals surface area contributed by atoms with Crippen molar-refractivity contribution in [2.75, 3.05) is 24.6 Å². The highest BCUT2D eigenvalue weighted by molar-refractivity contribution is 5.85. The van der Waals surface area contributed by atoms with Gasteiger partial charge in [0.1, 0.15) is 5.82 Å². The Balaban J connectivity index is 1.59. The molecule has 2 fully saturated rings. The molecule has 2 aliphatic rings. The fourth-order valence-corrected chi connectivity index (χ4v) is 3.66. The molecule has 0 radical (unpaired) electrons. The lowest BCUT2D eigenvalue weighted by Crippen LogP contribution is -2.50. The molecule has 0 unspecified atom stereocenters. The number of carboxylic acids is 1. The van der Waals surface area contributed by atoms with Crippen LogP contribution in [0.1, 0.15) is 29.8 Å². The highest BCUT2D eigenvalue weighted by Gasteiger charge is 2.44. The standard InChI is InChI=1S/C17H20F3N3O4/c18-17(19,20)16(26)22-11-6-9-27-14(11)10-4-7-23(8-5-10)13-3-1-2-12(21-13)15(24)25/h1-3,10-11,14H,4-9H2,(H,22,26)(H,24,25)/t11-,14+/m1/s1. The van der Waals surface area contributed by atoms with Crippen LogP contribution in [-0.4, -0.2) is 60.0 Å². The van der Waals surface area contributed by atoms with Gasteiger partial charge in [0.2, 0.25) is 0 Å². The van der Waals surface area contributed by atoms with Crippen molar-refractivity contribution in [2.45, 2.75) is 37.6 Å². The van der Waals surface area contributed by atoms with Gasteiger partial charge in [-0.1, -0.05) is 6.07 Å². The Kier molecular flexibility index (Phi) is 5.54. The van der Waals surface area contributed by atoms with Gasteiger partial charge in [-0.05, 0) is 37.3 Å². The SMILES string of the molecule is O=C(O)c1cccc(N2CCC([C@@H]3OCC[C@H]3NC(=O)C(F)(F)F)CC2)n1. The molecule has 3 rings (SSSR count). The average Bonchev–Trinajstić information content (AvgIpc) is 3.09. The fourth-order valence-electron chi connectivity index (χ4n) is 3.66. The van der Waals surface area contributed by atoms with Crippen molar-refractivity contribution in [3.63, 3.8) is 0 Å². The molecule has 1 aromatic heterocycles. The van der Waals surface area contributed by atoms with E-state index in [4.69, 9.17) is 9.84 Å². The number of hydrogen-bond donors (Lipinski definition) is 2. The number of amides is 1. The van der Waals surface area contributed by atoms with Crippen molar-refractivity contribution in [1.82, 2.24) is 10.3 Å². The minimum atomic E-state index is -4.91. The molecule has 1 amide bonds. The number of aromatic nitrogens is 1. The molecule has 148 valence electrons. The summed E-state index contributed by atoms with van der Waals surface area (Å²) in [6.45, 7) is 1.48. The third-order valence-corrected chi connectivity index (χ3v) is 4.99. The second-order valence-corrected chi connectivity index (χ2v) is 6.71. The number of aromatic carboxylic acids is 1. The first-order valence-corrected chi connectivity index (χ1v) is 8.70. The van der Waals surface area contributed by atoms with Crippen LogP contribution in [0.5, 0.6) is 0 Å². The van der Waals surface area contributed by atoms with E-state index in [2.05, 4.69) is 4.98 Å². The summed E-state index contributed by atoms with van der Waals surface area (Å²) in [6.07, 6.45) is -3.69. The monoisotopic (exact) mass is 387 g/mol. The lowest BCUT2D eigenvalue weighted by molar-refractivity contribution is -0.174. The van der Waals surface area contributed by atoms with E-state index >= 15 is 0 Å². The average molecular weight is 387 g/mol. The predicted octanol–water partition coefficient (Wildman–Crippen LogP) is 1.83. The van der Waals surface area contributed by atoms with Gasteiger partial charge < -0.3 is 20.1 Å². The number of rotatable bonds is 4. The van der Waals surface area contributed by atoms with Crippen LogP contribution < -0.4 is 10.2 Å². The van der Waals surface area contributed by atoms with Crippen LogP contribution in [0.3, 0.4) is 0 Å². The molecule has 0 bridgehead atoms. The number of carbonyl (C=O) groups is 2. The minimum absolute atomic E-state index is 0.0185.